The predicted octanol–water partition coefficient (Wildman–Crippen LogP) is 1.01. The molecule has 3 aromatic heterocycles. The molecule has 0 N–H and O–H groups in total. The van der Waals surface area contributed by atoms with E-state index in [9.17, 15) is 14.4 Å². The summed E-state index contributed by atoms with van der Waals surface area (Å²) >= 11 is 5.70. The quantitative estimate of drug-likeness (QED) is 0.459. The maximum Gasteiger partial charge on any atom is 0.332 e. The van der Waals surface area contributed by atoms with Crippen molar-refractivity contribution >= 4 is 28.7 Å². The molecule has 0 aliphatic carbocycles. The van der Waals surface area contributed by atoms with Gasteiger partial charge in [-0.2, -0.15) is 0 Å². The third kappa shape index (κ3) is 3.92. The molecular formula is C17H18ClN5O4. The van der Waals surface area contributed by atoms with Gasteiger partial charge in [-0.05, 0) is 12.5 Å². The second-order valence-corrected chi connectivity index (χ2v) is 6.46. The van der Waals surface area contributed by atoms with Crippen LogP contribution in [-0.2, 0) is 36.8 Å². The Morgan fingerprint density at radius 2 is 1.96 bits per heavy atom. The summed E-state index contributed by atoms with van der Waals surface area (Å²) in [6.45, 7) is 0.529. The zero-order valence-electron chi connectivity index (χ0n) is 14.9. The normalized spacial score (nSPS) is 11.1. The van der Waals surface area contributed by atoms with E-state index in [0.717, 1.165) is 10.1 Å². The van der Waals surface area contributed by atoms with Crippen molar-refractivity contribution in [3.8, 4) is 0 Å². The Morgan fingerprint density at radius 3 is 2.67 bits per heavy atom. The van der Waals surface area contributed by atoms with E-state index in [0.29, 0.717) is 29.3 Å². The summed E-state index contributed by atoms with van der Waals surface area (Å²) < 4.78 is 9.20. The number of pyridine rings is 1. The summed E-state index contributed by atoms with van der Waals surface area (Å²) in [6.07, 6.45) is 3.70. The number of fused-ring (bicyclic) bond motifs is 1. The Kier molecular flexibility index (Phi) is 5.41. The average molecular weight is 392 g/mol. The van der Waals surface area contributed by atoms with Crippen molar-refractivity contribution in [3.63, 3.8) is 0 Å². The summed E-state index contributed by atoms with van der Waals surface area (Å²) in [5.41, 5.74) is 0.556. The van der Waals surface area contributed by atoms with Crippen LogP contribution in [0.1, 0.15) is 18.4 Å². The summed E-state index contributed by atoms with van der Waals surface area (Å²) in [6, 6.07) is 3.36. The van der Waals surface area contributed by atoms with Crippen molar-refractivity contribution in [2.24, 2.45) is 14.1 Å². The molecular weight excluding hydrogens is 374 g/mol. The van der Waals surface area contributed by atoms with E-state index in [-0.39, 0.29) is 19.0 Å². The molecule has 3 aromatic rings. The highest BCUT2D eigenvalue weighted by Crippen LogP contribution is 2.09. The van der Waals surface area contributed by atoms with Gasteiger partial charge in [-0.15, -0.1) is 0 Å². The van der Waals surface area contributed by atoms with Gasteiger partial charge in [0.25, 0.3) is 5.56 Å². The summed E-state index contributed by atoms with van der Waals surface area (Å²) in [5, 5.41) is 0.376. The van der Waals surface area contributed by atoms with Crippen molar-refractivity contribution in [1.82, 2.24) is 23.7 Å². The Balaban J connectivity index is 1.60. The molecule has 142 valence electrons. The lowest BCUT2D eigenvalue weighted by atomic mass is 10.3. The van der Waals surface area contributed by atoms with E-state index >= 15 is 0 Å². The second-order valence-electron chi connectivity index (χ2n) is 6.07. The van der Waals surface area contributed by atoms with Gasteiger partial charge in [-0.3, -0.25) is 18.7 Å². The monoisotopic (exact) mass is 391 g/mol. The van der Waals surface area contributed by atoms with Crippen LogP contribution < -0.4 is 11.2 Å². The molecule has 0 unspecified atom stereocenters. The molecule has 0 aliphatic heterocycles. The molecule has 0 saturated carbocycles. The number of aromatic nitrogens is 5. The largest absolute Gasteiger partial charge is 0.461 e. The lowest BCUT2D eigenvalue weighted by Crippen LogP contribution is -2.37. The first kappa shape index (κ1) is 18.8. The Morgan fingerprint density at radius 1 is 1.19 bits per heavy atom. The number of rotatable bonds is 6. The van der Waals surface area contributed by atoms with Crippen LogP contribution in [0.15, 0.2) is 34.2 Å². The van der Waals surface area contributed by atoms with Crippen LogP contribution in [-0.4, -0.2) is 29.6 Å². The molecule has 0 spiro atoms. The van der Waals surface area contributed by atoms with Crippen LogP contribution in [0.3, 0.4) is 0 Å². The van der Waals surface area contributed by atoms with Gasteiger partial charge in [-0.1, -0.05) is 17.7 Å². The van der Waals surface area contributed by atoms with Gasteiger partial charge in [0.1, 0.15) is 11.8 Å². The van der Waals surface area contributed by atoms with Crippen molar-refractivity contribution < 1.29 is 9.53 Å². The molecule has 10 heteroatoms. The topological polar surface area (TPSA) is 101 Å². The van der Waals surface area contributed by atoms with Gasteiger partial charge in [-0.25, -0.2) is 14.8 Å². The Hall–Kier alpha value is -2.94. The van der Waals surface area contributed by atoms with Gasteiger partial charge < -0.3 is 9.30 Å². The summed E-state index contributed by atoms with van der Waals surface area (Å²) in [4.78, 5) is 44.2. The summed E-state index contributed by atoms with van der Waals surface area (Å²) in [5.74, 6) is -0.352. The van der Waals surface area contributed by atoms with E-state index in [1.165, 1.54) is 17.9 Å². The molecule has 0 aromatic carbocycles. The van der Waals surface area contributed by atoms with Gasteiger partial charge in [0.15, 0.2) is 11.2 Å². The zero-order valence-corrected chi connectivity index (χ0v) is 15.6. The first-order chi connectivity index (χ1) is 12.9. The molecule has 0 aliphatic rings. The summed E-state index contributed by atoms with van der Waals surface area (Å²) in [7, 11) is 2.98. The molecule has 0 saturated heterocycles. The highest BCUT2D eigenvalue weighted by Gasteiger charge is 2.14. The fraction of sp³-hybridized carbons (Fsp3) is 0.353. The molecule has 3 rings (SSSR count). The van der Waals surface area contributed by atoms with Gasteiger partial charge in [0.2, 0.25) is 0 Å². The van der Waals surface area contributed by atoms with Crippen LogP contribution in [0.25, 0.3) is 11.2 Å². The molecule has 3 heterocycles. The number of aryl methyl sites for hydroxylation is 2. The number of hydrogen-bond donors (Lipinski definition) is 0. The van der Waals surface area contributed by atoms with E-state index < -0.39 is 11.2 Å². The van der Waals surface area contributed by atoms with Gasteiger partial charge in [0.05, 0.1) is 6.33 Å². The third-order valence-electron chi connectivity index (χ3n) is 4.19. The molecule has 27 heavy (non-hydrogen) atoms. The zero-order chi connectivity index (χ0) is 19.6. The van der Waals surface area contributed by atoms with E-state index in [4.69, 9.17) is 16.3 Å². The smallest absolute Gasteiger partial charge is 0.332 e. The van der Waals surface area contributed by atoms with Crippen LogP contribution in [0.5, 0.6) is 0 Å². The van der Waals surface area contributed by atoms with Crippen molar-refractivity contribution in [2.45, 2.75) is 26.0 Å². The van der Waals surface area contributed by atoms with Crippen LogP contribution in [0.4, 0.5) is 0 Å². The van der Waals surface area contributed by atoms with E-state index in [2.05, 4.69) is 9.97 Å². The lowest BCUT2D eigenvalue weighted by molar-refractivity contribution is -0.145. The van der Waals surface area contributed by atoms with E-state index in [1.54, 1.807) is 29.9 Å². The maximum atomic E-state index is 12.3. The number of nitrogens with zero attached hydrogens (tertiary/aromatic N) is 5. The molecule has 0 fully saturated rings. The van der Waals surface area contributed by atoms with Gasteiger partial charge >= 0.3 is 11.7 Å². The van der Waals surface area contributed by atoms with E-state index in [1.807, 2.05) is 0 Å². The van der Waals surface area contributed by atoms with Crippen molar-refractivity contribution in [2.75, 3.05) is 0 Å². The average Bonchev–Trinajstić information content (AvgIpc) is 3.08. The van der Waals surface area contributed by atoms with Crippen LogP contribution in [0, 0.1) is 0 Å². The van der Waals surface area contributed by atoms with Crippen molar-refractivity contribution in [3.05, 3.63) is 56.2 Å². The Labute approximate surface area is 158 Å². The number of imidazole rings is 1. The number of hydrogen-bond acceptors (Lipinski definition) is 6. The Bertz CT molecular complexity index is 1100. The molecule has 0 atom stereocenters. The second kappa shape index (κ2) is 7.75. The highest BCUT2D eigenvalue weighted by molar-refractivity contribution is 6.29. The number of carbonyl (C=O) groups is 1. The highest BCUT2D eigenvalue weighted by atomic mass is 35.5. The maximum absolute atomic E-state index is 12.3. The number of halogens is 1. The van der Waals surface area contributed by atoms with Crippen molar-refractivity contribution in [1.29, 1.82) is 0 Å². The third-order valence-corrected chi connectivity index (χ3v) is 4.41. The first-order valence-corrected chi connectivity index (χ1v) is 8.63. The first-order valence-electron chi connectivity index (χ1n) is 8.25. The number of ether oxygens (including phenoxy) is 1. The fourth-order valence-electron chi connectivity index (χ4n) is 2.69. The molecule has 0 radical (unpaired) electrons. The minimum atomic E-state index is -0.432. The lowest BCUT2D eigenvalue weighted by Gasteiger charge is -2.07. The predicted molar refractivity (Wildman–Crippen MR) is 98.5 cm³/mol. The minimum Gasteiger partial charge on any atom is -0.461 e. The SMILES string of the molecule is Cn1c(=O)c2c(ncn2CCCC(=O)OCc2ccc(Cl)nc2)n(C)c1=O. The minimum absolute atomic E-state index is 0.125. The van der Waals surface area contributed by atoms with Crippen LogP contribution in [0.2, 0.25) is 5.15 Å². The number of carbonyl (C=O) groups excluding carboxylic acids is 1. The van der Waals surface area contributed by atoms with Gasteiger partial charge in [0, 0.05) is 38.8 Å². The molecule has 9 nitrogen and oxygen atoms in total. The number of esters is 1. The molecule has 0 bridgehead atoms. The standard InChI is InChI=1S/C17H18ClN5O4/c1-21-15-14(16(25)22(2)17(21)26)23(10-20-15)7-3-4-13(24)27-9-11-5-6-12(18)19-8-11/h5-6,8,10H,3-4,7,9H2,1-2H3. The molecule has 0 amide bonds. The fourth-order valence-corrected chi connectivity index (χ4v) is 2.80. The van der Waals surface area contributed by atoms with Crippen LogP contribution >= 0.6 is 11.6 Å².